The van der Waals surface area contributed by atoms with E-state index in [4.69, 9.17) is 14.9 Å². The van der Waals surface area contributed by atoms with Gasteiger partial charge in [0.15, 0.2) is 40.4 Å². The van der Waals surface area contributed by atoms with Gasteiger partial charge in [0.05, 0.1) is 24.1 Å². The van der Waals surface area contributed by atoms with E-state index < -0.39 is 76.0 Å². The highest BCUT2D eigenvalue weighted by molar-refractivity contribution is 6.32. The maximum absolute atomic E-state index is 13.9. The number of carbonyl (C=O) groups is 6. The van der Waals surface area contributed by atoms with Crippen molar-refractivity contribution in [1.82, 2.24) is 10.2 Å². The molecule has 5 rings (SSSR count). The minimum absolute atomic E-state index is 0.0120. The van der Waals surface area contributed by atoms with Crippen LogP contribution in [0.3, 0.4) is 0 Å². The van der Waals surface area contributed by atoms with Crippen molar-refractivity contribution in [3.8, 4) is 17.1 Å². The highest BCUT2D eigenvalue weighted by Gasteiger charge is 2.69. The Balaban J connectivity index is 1.56. The molecule has 222 valence electrons. The van der Waals surface area contributed by atoms with Gasteiger partial charge in [-0.1, -0.05) is 0 Å². The van der Waals surface area contributed by atoms with Crippen LogP contribution in [-0.2, 0) is 30.3 Å². The largest absolute Gasteiger partial charge is 0.507 e. The molecule has 2 unspecified atom stereocenters. The van der Waals surface area contributed by atoms with Gasteiger partial charge in [-0.2, -0.15) is 0 Å². The third kappa shape index (κ3) is 4.27. The van der Waals surface area contributed by atoms with Crippen LogP contribution in [0.15, 0.2) is 28.7 Å². The lowest BCUT2D eigenvalue weighted by atomic mass is 9.52. The third-order valence-corrected chi connectivity index (χ3v) is 8.63. The van der Waals surface area contributed by atoms with Gasteiger partial charge in [0, 0.05) is 25.1 Å². The number of aliphatic hydroxyl groups is 1. The Kier molecular flexibility index (Phi) is 7.37. The summed E-state index contributed by atoms with van der Waals surface area (Å²) in [5.41, 5.74) is 3.16. The second kappa shape index (κ2) is 10.6. The number of phenolic OH excluding ortho intramolecular Hbond substituents is 1. The van der Waals surface area contributed by atoms with Gasteiger partial charge < -0.3 is 30.4 Å². The summed E-state index contributed by atoms with van der Waals surface area (Å²) in [4.78, 5) is 80.3. The van der Waals surface area contributed by atoms with Gasteiger partial charge in [0.1, 0.15) is 11.5 Å². The fourth-order valence-electron chi connectivity index (χ4n) is 6.79. The average molecular weight is 582 g/mol. The molecule has 1 aromatic carbocycles. The van der Waals surface area contributed by atoms with Crippen LogP contribution in [0.25, 0.3) is 11.3 Å². The first-order valence-corrected chi connectivity index (χ1v) is 13.4. The van der Waals surface area contributed by atoms with Crippen LogP contribution in [0, 0.1) is 23.7 Å². The summed E-state index contributed by atoms with van der Waals surface area (Å²) < 4.78 is 10.7. The second-order valence-electron chi connectivity index (χ2n) is 11.2. The van der Waals surface area contributed by atoms with Crippen molar-refractivity contribution in [1.29, 1.82) is 0 Å². The maximum Gasteiger partial charge on any atom is 0.287 e. The minimum atomic E-state index is -2.80. The lowest BCUT2D eigenvalue weighted by Crippen LogP contribution is -2.74. The Morgan fingerprint density at radius 1 is 1.14 bits per heavy atom. The summed E-state index contributed by atoms with van der Waals surface area (Å²) in [5, 5.41) is 25.0. The molecule has 2 fully saturated rings. The fourth-order valence-corrected chi connectivity index (χ4v) is 6.79. The van der Waals surface area contributed by atoms with Crippen molar-refractivity contribution in [3.05, 3.63) is 41.2 Å². The van der Waals surface area contributed by atoms with E-state index >= 15 is 0 Å². The first-order valence-electron chi connectivity index (χ1n) is 13.4. The summed E-state index contributed by atoms with van der Waals surface area (Å²) >= 11 is 0. The zero-order valence-corrected chi connectivity index (χ0v) is 23.2. The number of Topliss-reactive ketones (excluding diaryl/α,β-unsaturated/α-hetero) is 4. The molecular formula is C29H31N3O10. The number of rotatable bonds is 7. The van der Waals surface area contributed by atoms with E-state index in [1.165, 1.54) is 44.3 Å². The number of carbonyl (C=O) groups excluding carboxylic acids is 6. The van der Waals surface area contributed by atoms with Crippen molar-refractivity contribution in [2.75, 3.05) is 34.4 Å². The van der Waals surface area contributed by atoms with E-state index in [2.05, 4.69) is 5.32 Å². The van der Waals surface area contributed by atoms with Gasteiger partial charge in [-0.3, -0.25) is 33.7 Å². The molecule has 0 spiro atoms. The molecule has 2 aromatic rings. The molecule has 5 N–H and O–H groups in total. The summed E-state index contributed by atoms with van der Waals surface area (Å²) in [6, 6.07) is 4.60. The van der Waals surface area contributed by atoms with Gasteiger partial charge >= 0.3 is 0 Å². The Hall–Kier alpha value is -4.20. The zero-order chi connectivity index (χ0) is 30.7. The number of amides is 2. The third-order valence-electron chi connectivity index (χ3n) is 8.63. The normalized spacial score (nSPS) is 28.7. The van der Waals surface area contributed by atoms with Crippen LogP contribution in [-0.4, -0.2) is 96.1 Å². The van der Waals surface area contributed by atoms with Crippen molar-refractivity contribution < 1.29 is 48.1 Å². The standard InChI is InChI=1S/C29H31N3O10/c1-32(2)22-15-11-12-10-14-13(17-6-7-18(42-17)28(39)31-8-9-41-3)4-5-16(33)20(14)23(34)19(12)25(36)29(15,40)26(37)21(24(22)35)27(30)38/h4-7,12,15,19,21-22,33,40H,8-11H2,1-3H3,(H2,30,38)(H,31,39)/t12-,15-,19?,21?,22-,29-/m0/s1. The molecule has 1 aromatic heterocycles. The summed E-state index contributed by atoms with van der Waals surface area (Å²) in [7, 11) is 4.54. The molecule has 0 aliphatic heterocycles. The van der Waals surface area contributed by atoms with Crippen LogP contribution in [0.4, 0.5) is 0 Å². The van der Waals surface area contributed by atoms with Gasteiger partial charge in [-0.15, -0.1) is 0 Å². The molecule has 0 bridgehead atoms. The van der Waals surface area contributed by atoms with E-state index in [0.29, 0.717) is 17.7 Å². The van der Waals surface area contributed by atoms with Gasteiger partial charge in [0.2, 0.25) is 5.91 Å². The second-order valence-corrected chi connectivity index (χ2v) is 11.2. The van der Waals surface area contributed by atoms with E-state index in [9.17, 15) is 39.0 Å². The molecule has 1 heterocycles. The number of methoxy groups -OCH3 is 1. The Labute approximate surface area is 240 Å². The number of likely N-dealkylation sites (N-methyl/N-ethyl adjacent to an activating group) is 1. The first kappa shape index (κ1) is 29.3. The number of ether oxygens (including phenoxy) is 1. The highest BCUT2D eigenvalue weighted by Crippen LogP contribution is 2.51. The van der Waals surface area contributed by atoms with Crippen LogP contribution >= 0.6 is 0 Å². The molecule has 3 aliphatic rings. The highest BCUT2D eigenvalue weighted by atomic mass is 16.5. The number of nitrogens with zero attached hydrogens (tertiary/aromatic N) is 1. The number of aromatic hydroxyl groups is 1. The van der Waals surface area contributed by atoms with Crippen LogP contribution in [0.1, 0.15) is 32.9 Å². The van der Waals surface area contributed by atoms with Gasteiger partial charge in [-0.25, -0.2) is 0 Å². The van der Waals surface area contributed by atoms with Gasteiger partial charge in [-0.05, 0) is 62.7 Å². The maximum atomic E-state index is 13.9. The molecule has 3 aliphatic carbocycles. The quantitative estimate of drug-likeness (QED) is 0.242. The summed E-state index contributed by atoms with van der Waals surface area (Å²) in [5.74, 6) is -11.5. The monoisotopic (exact) mass is 581 g/mol. The van der Waals surface area contributed by atoms with E-state index in [1.807, 2.05) is 0 Å². The molecule has 42 heavy (non-hydrogen) atoms. The van der Waals surface area contributed by atoms with Crippen LogP contribution < -0.4 is 11.1 Å². The van der Waals surface area contributed by atoms with Crippen molar-refractivity contribution in [2.45, 2.75) is 24.5 Å². The SMILES string of the molecule is COCCNC(=O)c1ccc(-c2ccc(O)c3c2C[C@H]2C[C@H]4[C@H](N(C)C)C(=O)C(C(N)=O)C(=O)[C@@]4(O)C(=O)C2C3=O)o1. The first-order chi connectivity index (χ1) is 19.8. The molecule has 13 heteroatoms. The summed E-state index contributed by atoms with van der Waals surface area (Å²) in [6.07, 6.45) is -0.0179. The predicted octanol–water partition coefficient (Wildman–Crippen LogP) is -0.497. The molecular weight excluding hydrogens is 550 g/mol. The van der Waals surface area contributed by atoms with Crippen molar-refractivity contribution in [2.24, 2.45) is 29.4 Å². The molecule has 0 radical (unpaired) electrons. The van der Waals surface area contributed by atoms with E-state index in [1.54, 1.807) is 6.07 Å². The molecule has 13 nitrogen and oxygen atoms in total. The lowest BCUT2D eigenvalue weighted by molar-refractivity contribution is -0.181. The number of fused-ring (bicyclic) bond motifs is 3. The number of hydrogen-bond acceptors (Lipinski definition) is 11. The van der Waals surface area contributed by atoms with E-state index in [0.717, 1.165) is 0 Å². The predicted molar refractivity (Wildman–Crippen MR) is 143 cm³/mol. The van der Waals surface area contributed by atoms with Gasteiger partial charge in [0.25, 0.3) is 5.91 Å². The molecule has 2 saturated carbocycles. The lowest BCUT2D eigenvalue weighted by Gasteiger charge is -2.52. The Morgan fingerprint density at radius 3 is 2.50 bits per heavy atom. The Morgan fingerprint density at radius 2 is 1.86 bits per heavy atom. The van der Waals surface area contributed by atoms with Crippen molar-refractivity contribution in [3.63, 3.8) is 0 Å². The molecule has 0 saturated heterocycles. The number of furan rings is 1. The summed E-state index contributed by atoms with van der Waals surface area (Å²) in [6.45, 7) is 0.567. The average Bonchev–Trinajstić information content (AvgIpc) is 3.41. The number of phenols is 1. The van der Waals surface area contributed by atoms with Crippen LogP contribution in [0.2, 0.25) is 0 Å². The van der Waals surface area contributed by atoms with Crippen molar-refractivity contribution >= 4 is 34.9 Å². The fraction of sp³-hybridized carbons (Fsp3) is 0.448. The Bertz CT molecular complexity index is 1530. The number of hydrogen-bond donors (Lipinski definition) is 4. The number of nitrogens with one attached hydrogen (secondary N) is 1. The zero-order valence-electron chi connectivity index (χ0n) is 23.2. The minimum Gasteiger partial charge on any atom is -0.507 e. The molecule has 6 atom stereocenters. The number of ketones is 4. The number of benzene rings is 1. The number of primary amides is 1. The van der Waals surface area contributed by atoms with E-state index in [-0.39, 0.29) is 36.5 Å². The number of nitrogens with two attached hydrogens (primary N) is 1. The van der Waals surface area contributed by atoms with Crippen LogP contribution in [0.5, 0.6) is 5.75 Å². The smallest absolute Gasteiger partial charge is 0.287 e. The molecule has 2 amide bonds. The topological polar surface area (TPSA) is 207 Å².